The first kappa shape index (κ1) is 11.6. The number of hydrogen-bond acceptors (Lipinski definition) is 5. The molecule has 19 heavy (non-hydrogen) atoms. The van der Waals surface area contributed by atoms with E-state index < -0.39 is 0 Å². The van der Waals surface area contributed by atoms with Crippen LogP contribution in [0.15, 0.2) is 30.9 Å². The van der Waals surface area contributed by atoms with Crippen LogP contribution in [-0.4, -0.2) is 31.2 Å². The third-order valence-corrected chi connectivity index (χ3v) is 2.73. The van der Waals surface area contributed by atoms with Crippen molar-refractivity contribution in [1.29, 1.82) is 0 Å². The van der Waals surface area contributed by atoms with E-state index in [4.69, 9.17) is 0 Å². The van der Waals surface area contributed by atoms with Crippen LogP contribution < -0.4 is 5.32 Å². The number of anilines is 1. The second-order valence-electron chi connectivity index (χ2n) is 4.55. The van der Waals surface area contributed by atoms with Crippen molar-refractivity contribution in [2.24, 2.45) is 0 Å². The van der Waals surface area contributed by atoms with Crippen LogP contribution in [0.5, 0.6) is 0 Å². The average molecular weight is 254 g/mol. The van der Waals surface area contributed by atoms with Crippen molar-refractivity contribution in [3.63, 3.8) is 0 Å². The molecule has 0 fully saturated rings. The number of pyridine rings is 1. The Morgan fingerprint density at radius 2 is 2.05 bits per heavy atom. The summed E-state index contributed by atoms with van der Waals surface area (Å²) in [5, 5.41) is 11.6. The molecule has 3 aromatic rings. The number of hydrogen-bond donors (Lipinski definition) is 2. The summed E-state index contributed by atoms with van der Waals surface area (Å²) in [6, 6.07) is 4.03. The Labute approximate surface area is 110 Å². The zero-order chi connectivity index (χ0) is 13.2. The fourth-order valence-electron chi connectivity index (χ4n) is 1.97. The second-order valence-corrected chi connectivity index (χ2v) is 4.55. The van der Waals surface area contributed by atoms with Gasteiger partial charge in [-0.3, -0.25) is 5.10 Å². The minimum Gasteiger partial charge on any atom is -0.367 e. The van der Waals surface area contributed by atoms with Gasteiger partial charge in [0, 0.05) is 18.4 Å². The summed E-state index contributed by atoms with van der Waals surface area (Å²) in [6.45, 7) is 4.15. The maximum absolute atomic E-state index is 4.39. The molecule has 6 heteroatoms. The summed E-state index contributed by atoms with van der Waals surface area (Å²) in [4.78, 5) is 12.6. The van der Waals surface area contributed by atoms with E-state index in [2.05, 4.69) is 44.3 Å². The lowest BCUT2D eigenvalue weighted by atomic mass is 10.2. The summed E-state index contributed by atoms with van der Waals surface area (Å²) in [7, 11) is 0. The van der Waals surface area contributed by atoms with Crippen molar-refractivity contribution >= 4 is 16.7 Å². The molecule has 3 heterocycles. The maximum atomic E-state index is 4.39. The number of rotatable bonds is 3. The number of H-pyrrole nitrogens is 1. The van der Waals surface area contributed by atoms with Crippen LogP contribution in [-0.2, 0) is 0 Å². The molecule has 0 radical (unpaired) electrons. The molecule has 0 spiro atoms. The summed E-state index contributed by atoms with van der Waals surface area (Å²) in [5.41, 5.74) is 2.50. The standard InChI is InChI=1S/C13H14N6/c1-8(2)17-13-11-9(4-6-15-13)18-19-12(11)10-3-5-14-7-16-10/h3-8H,1-2H3,(H,15,17)(H,18,19). The van der Waals surface area contributed by atoms with Crippen LogP contribution in [0.25, 0.3) is 22.3 Å². The molecule has 0 unspecified atom stereocenters. The maximum Gasteiger partial charge on any atom is 0.137 e. The van der Waals surface area contributed by atoms with Gasteiger partial charge in [0.1, 0.15) is 17.8 Å². The van der Waals surface area contributed by atoms with Crippen LogP contribution in [0.4, 0.5) is 5.82 Å². The molecule has 0 aliphatic heterocycles. The van der Waals surface area contributed by atoms with Crippen molar-refractivity contribution in [2.45, 2.75) is 19.9 Å². The van der Waals surface area contributed by atoms with Crippen LogP contribution in [0.1, 0.15) is 13.8 Å². The minimum absolute atomic E-state index is 0.297. The largest absolute Gasteiger partial charge is 0.367 e. The van der Waals surface area contributed by atoms with Gasteiger partial charge in [0.2, 0.25) is 0 Å². The van der Waals surface area contributed by atoms with E-state index in [1.54, 1.807) is 12.4 Å². The Hall–Kier alpha value is -2.50. The third-order valence-electron chi connectivity index (χ3n) is 2.73. The van der Waals surface area contributed by atoms with Gasteiger partial charge in [-0.15, -0.1) is 0 Å². The second kappa shape index (κ2) is 4.64. The van der Waals surface area contributed by atoms with E-state index in [1.807, 2.05) is 12.1 Å². The topological polar surface area (TPSA) is 79.4 Å². The lowest BCUT2D eigenvalue weighted by Gasteiger charge is -2.10. The number of aromatic nitrogens is 5. The van der Waals surface area contributed by atoms with Crippen molar-refractivity contribution < 1.29 is 0 Å². The van der Waals surface area contributed by atoms with Gasteiger partial charge in [0.15, 0.2) is 0 Å². The van der Waals surface area contributed by atoms with Gasteiger partial charge in [0.25, 0.3) is 0 Å². The summed E-state index contributed by atoms with van der Waals surface area (Å²) in [6.07, 6.45) is 4.98. The van der Waals surface area contributed by atoms with E-state index in [1.165, 1.54) is 6.33 Å². The molecule has 0 saturated carbocycles. The average Bonchev–Trinajstić information content (AvgIpc) is 2.84. The highest BCUT2D eigenvalue weighted by Gasteiger charge is 2.14. The quantitative estimate of drug-likeness (QED) is 0.749. The minimum atomic E-state index is 0.297. The predicted octanol–water partition coefficient (Wildman–Crippen LogP) is 2.24. The first-order valence-electron chi connectivity index (χ1n) is 6.11. The Kier molecular flexibility index (Phi) is 2.83. The van der Waals surface area contributed by atoms with Gasteiger partial charge >= 0.3 is 0 Å². The zero-order valence-corrected chi connectivity index (χ0v) is 10.8. The van der Waals surface area contributed by atoms with E-state index in [-0.39, 0.29) is 0 Å². The third kappa shape index (κ3) is 2.12. The molecule has 0 aromatic carbocycles. The summed E-state index contributed by atoms with van der Waals surface area (Å²) in [5.74, 6) is 0.815. The molecule has 6 nitrogen and oxygen atoms in total. The fraction of sp³-hybridized carbons (Fsp3) is 0.231. The molecular formula is C13H14N6. The molecule has 0 aliphatic carbocycles. The van der Waals surface area contributed by atoms with Gasteiger partial charge < -0.3 is 5.32 Å². The number of fused-ring (bicyclic) bond motifs is 1. The Morgan fingerprint density at radius 1 is 1.16 bits per heavy atom. The van der Waals surface area contributed by atoms with Crippen molar-refractivity contribution in [3.8, 4) is 11.4 Å². The number of nitrogens with one attached hydrogen (secondary N) is 2. The van der Waals surface area contributed by atoms with E-state index in [9.17, 15) is 0 Å². The fourth-order valence-corrected chi connectivity index (χ4v) is 1.97. The monoisotopic (exact) mass is 254 g/mol. The molecule has 2 N–H and O–H groups in total. The van der Waals surface area contributed by atoms with Crippen LogP contribution in [0, 0.1) is 0 Å². The van der Waals surface area contributed by atoms with Crippen molar-refractivity contribution in [1.82, 2.24) is 25.1 Å². The van der Waals surface area contributed by atoms with Gasteiger partial charge in [-0.1, -0.05) is 0 Å². The first-order chi connectivity index (χ1) is 9.25. The predicted molar refractivity (Wildman–Crippen MR) is 73.7 cm³/mol. The molecule has 96 valence electrons. The Balaban J connectivity index is 2.21. The van der Waals surface area contributed by atoms with Gasteiger partial charge in [-0.2, -0.15) is 5.10 Å². The molecule has 0 saturated heterocycles. The molecule has 0 amide bonds. The summed E-state index contributed by atoms with van der Waals surface area (Å²) >= 11 is 0. The smallest absolute Gasteiger partial charge is 0.137 e. The number of nitrogens with zero attached hydrogens (tertiary/aromatic N) is 4. The first-order valence-corrected chi connectivity index (χ1v) is 6.11. The lowest BCUT2D eigenvalue weighted by molar-refractivity contribution is 0.892. The molecule has 0 bridgehead atoms. The van der Waals surface area contributed by atoms with Crippen LogP contribution >= 0.6 is 0 Å². The SMILES string of the molecule is CC(C)Nc1nccc2[nH]nc(-c3ccncn3)c12. The van der Waals surface area contributed by atoms with Crippen LogP contribution in [0.2, 0.25) is 0 Å². The van der Waals surface area contributed by atoms with E-state index in [0.29, 0.717) is 6.04 Å². The molecule has 3 rings (SSSR count). The molecular weight excluding hydrogens is 240 g/mol. The van der Waals surface area contributed by atoms with Gasteiger partial charge in [-0.05, 0) is 26.0 Å². The number of aromatic amines is 1. The Bertz CT molecular complexity index is 689. The highest BCUT2D eigenvalue weighted by Crippen LogP contribution is 2.29. The van der Waals surface area contributed by atoms with Crippen molar-refractivity contribution in [3.05, 3.63) is 30.9 Å². The normalized spacial score (nSPS) is 11.1. The lowest BCUT2D eigenvalue weighted by Crippen LogP contribution is -2.11. The molecule has 0 aliphatic rings. The molecule has 0 atom stereocenters. The van der Waals surface area contributed by atoms with E-state index >= 15 is 0 Å². The zero-order valence-electron chi connectivity index (χ0n) is 10.8. The van der Waals surface area contributed by atoms with Gasteiger partial charge in [-0.25, -0.2) is 15.0 Å². The van der Waals surface area contributed by atoms with Crippen LogP contribution in [0.3, 0.4) is 0 Å². The van der Waals surface area contributed by atoms with Crippen molar-refractivity contribution in [2.75, 3.05) is 5.32 Å². The summed E-state index contributed by atoms with van der Waals surface area (Å²) < 4.78 is 0. The highest BCUT2D eigenvalue weighted by atomic mass is 15.1. The molecule has 3 aromatic heterocycles. The highest BCUT2D eigenvalue weighted by molar-refractivity contribution is 5.99. The Morgan fingerprint density at radius 3 is 2.79 bits per heavy atom. The van der Waals surface area contributed by atoms with Gasteiger partial charge in [0.05, 0.1) is 16.6 Å². The van der Waals surface area contributed by atoms with E-state index in [0.717, 1.165) is 28.1 Å².